The van der Waals surface area contributed by atoms with Gasteiger partial charge < -0.3 is 5.11 Å². The lowest BCUT2D eigenvalue weighted by Crippen LogP contribution is -2.58. The number of Topliss-reactive ketones (excluding diaryl/α,β-unsaturated/α-hetero) is 1. The largest absolute Gasteiger partial charge is 0.508 e. The van der Waals surface area contributed by atoms with Crippen LogP contribution in [0.1, 0.15) is 35.4 Å². The average Bonchev–Trinajstić information content (AvgIpc) is 3.35. The van der Waals surface area contributed by atoms with Gasteiger partial charge in [0.05, 0.1) is 22.9 Å². The molecule has 0 bridgehead atoms. The molecule has 0 spiro atoms. The molecule has 1 saturated carbocycles. The zero-order chi connectivity index (χ0) is 32.4. The van der Waals surface area contributed by atoms with Gasteiger partial charge in [0, 0.05) is 21.9 Å². The second-order valence-corrected chi connectivity index (χ2v) is 13.8. The van der Waals surface area contributed by atoms with Gasteiger partial charge in [0.15, 0.2) is 11.6 Å². The van der Waals surface area contributed by atoms with Gasteiger partial charge >= 0.3 is 0 Å². The molecule has 1 N–H and O–H groups in total. The Kier molecular flexibility index (Phi) is 6.99. The van der Waals surface area contributed by atoms with Crippen LogP contribution >= 0.6 is 15.9 Å². The van der Waals surface area contributed by atoms with Gasteiger partial charge in [0.1, 0.15) is 5.75 Å². The second kappa shape index (κ2) is 11.1. The first-order valence-corrected chi connectivity index (χ1v) is 16.6. The predicted molar refractivity (Wildman–Crippen MR) is 181 cm³/mol. The number of fused-ring (bicyclic) bond motifs is 4. The molecule has 1 saturated heterocycles. The van der Waals surface area contributed by atoms with Crippen LogP contribution in [0.25, 0.3) is 5.57 Å². The summed E-state index contributed by atoms with van der Waals surface area (Å²) in [6.07, 6.45) is 4.11. The van der Waals surface area contributed by atoms with Crippen LogP contribution in [0.2, 0.25) is 0 Å². The first-order valence-electron chi connectivity index (χ1n) is 15.8. The molecule has 4 aromatic carbocycles. The molecular formula is C40H30BrNO5. The standard InChI is InChI=1S/C40H30BrNO5/c41-26-14-16-27(17-15-26)42-38(46)30-19-18-29-32(35(30)39(42)47)21-33-37(45)31(23-8-3-1-4-9-23)22-34(44)40(33,25-11-5-2-6-12-25)36(29)24-10-7-13-28(43)20-24/h1-18,20,22,30,32-33,35-36,43H,19,21H2. The Hall–Kier alpha value is -4.88. The number of phenols is 1. The fourth-order valence-corrected chi connectivity index (χ4v) is 9.06. The van der Waals surface area contributed by atoms with Crippen LogP contribution < -0.4 is 4.90 Å². The SMILES string of the molecule is O=C1C(c2ccccc2)=CC(=O)C2(c3ccccc3)C1CC1C(=CCC3C(=O)N(c4ccc(Br)cc4)C(=O)C31)C2c1cccc(O)c1. The molecule has 2 fully saturated rings. The fraction of sp³-hybridized carbons (Fsp3) is 0.200. The number of amides is 2. The number of hydrogen-bond acceptors (Lipinski definition) is 5. The Labute approximate surface area is 280 Å². The number of aromatic hydroxyl groups is 1. The van der Waals surface area contributed by atoms with Crippen LogP contribution in [0.4, 0.5) is 5.69 Å². The molecule has 2 amide bonds. The molecule has 6 unspecified atom stereocenters. The van der Waals surface area contributed by atoms with Crippen molar-refractivity contribution in [1.82, 2.24) is 0 Å². The third-order valence-electron chi connectivity index (χ3n) is 10.7. The molecule has 6 atom stereocenters. The number of allylic oxidation sites excluding steroid dienone is 4. The highest BCUT2D eigenvalue weighted by Crippen LogP contribution is 2.63. The summed E-state index contributed by atoms with van der Waals surface area (Å²) >= 11 is 3.43. The van der Waals surface area contributed by atoms with E-state index >= 15 is 0 Å². The van der Waals surface area contributed by atoms with Crippen LogP contribution in [0.5, 0.6) is 5.75 Å². The zero-order valence-electron chi connectivity index (χ0n) is 25.3. The predicted octanol–water partition coefficient (Wildman–Crippen LogP) is 7.18. The first kappa shape index (κ1) is 29.5. The normalized spacial score (nSPS) is 28.3. The monoisotopic (exact) mass is 683 g/mol. The number of benzene rings is 4. The molecule has 232 valence electrons. The highest BCUT2D eigenvalue weighted by Gasteiger charge is 2.66. The van der Waals surface area contributed by atoms with Crippen LogP contribution in [-0.2, 0) is 24.6 Å². The topological polar surface area (TPSA) is 91.8 Å². The second-order valence-electron chi connectivity index (χ2n) is 12.9. The summed E-state index contributed by atoms with van der Waals surface area (Å²) in [5.41, 5.74) is 2.48. The van der Waals surface area contributed by atoms with Crippen molar-refractivity contribution in [2.45, 2.75) is 24.2 Å². The van der Waals surface area contributed by atoms with Gasteiger partial charge in [-0.2, -0.15) is 0 Å². The van der Waals surface area contributed by atoms with Crippen molar-refractivity contribution in [3.63, 3.8) is 0 Å². The summed E-state index contributed by atoms with van der Waals surface area (Å²) in [6.45, 7) is 0. The van der Waals surface area contributed by atoms with Crippen LogP contribution in [0.3, 0.4) is 0 Å². The van der Waals surface area contributed by atoms with Crippen molar-refractivity contribution in [3.05, 3.63) is 148 Å². The fourth-order valence-electron chi connectivity index (χ4n) is 8.80. The van der Waals surface area contributed by atoms with E-state index in [0.29, 0.717) is 34.4 Å². The first-order chi connectivity index (χ1) is 22.8. The van der Waals surface area contributed by atoms with E-state index in [1.165, 1.54) is 11.0 Å². The van der Waals surface area contributed by atoms with Crippen LogP contribution in [-0.4, -0.2) is 28.5 Å². The molecule has 0 radical (unpaired) electrons. The summed E-state index contributed by atoms with van der Waals surface area (Å²) in [5.74, 6) is -4.04. The minimum atomic E-state index is -1.32. The van der Waals surface area contributed by atoms with Gasteiger partial charge in [0.2, 0.25) is 11.8 Å². The Bertz CT molecular complexity index is 2020. The molecule has 4 aromatic rings. The maximum absolute atomic E-state index is 15.0. The van der Waals surface area contributed by atoms with Crippen molar-refractivity contribution in [1.29, 1.82) is 0 Å². The molecular weight excluding hydrogens is 654 g/mol. The molecule has 8 rings (SSSR count). The van der Waals surface area contributed by atoms with E-state index in [0.717, 1.165) is 10.0 Å². The smallest absolute Gasteiger partial charge is 0.238 e. The van der Waals surface area contributed by atoms with E-state index in [9.17, 15) is 24.3 Å². The minimum Gasteiger partial charge on any atom is -0.508 e. The van der Waals surface area contributed by atoms with Gasteiger partial charge in [0.25, 0.3) is 0 Å². The number of rotatable bonds is 4. The molecule has 1 aliphatic heterocycles. The maximum Gasteiger partial charge on any atom is 0.238 e. The summed E-state index contributed by atoms with van der Waals surface area (Å²) in [5, 5.41) is 10.7. The van der Waals surface area contributed by atoms with Gasteiger partial charge in [-0.3, -0.25) is 24.1 Å². The molecule has 3 aliphatic carbocycles. The Morgan fingerprint density at radius 1 is 0.766 bits per heavy atom. The summed E-state index contributed by atoms with van der Waals surface area (Å²) in [4.78, 5) is 59.5. The van der Waals surface area contributed by atoms with E-state index in [1.807, 2.05) is 72.8 Å². The number of halogens is 1. The number of ketones is 2. The summed E-state index contributed by atoms with van der Waals surface area (Å²) < 4.78 is 0.836. The number of carbonyl (C=O) groups excluding carboxylic acids is 4. The zero-order valence-corrected chi connectivity index (χ0v) is 26.8. The van der Waals surface area contributed by atoms with Crippen molar-refractivity contribution in [2.24, 2.45) is 23.7 Å². The number of carbonyl (C=O) groups is 4. The number of phenolic OH excluding ortho intramolecular Hbond substituents is 1. The van der Waals surface area contributed by atoms with Gasteiger partial charge in [-0.1, -0.05) is 100 Å². The molecule has 47 heavy (non-hydrogen) atoms. The number of nitrogens with zero attached hydrogens (tertiary/aromatic N) is 1. The van der Waals surface area contributed by atoms with E-state index in [-0.39, 0.29) is 35.6 Å². The Balaban J connectivity index is 1.35. The van der Waals surface area contributed by atoms with Crippen LogP contribution in [0.15, 0.2) is 131 Å². The molecule has 7 heteroatoms. The van der Waals surface area contributed by atoms with Crippen molar-refractivity contribution >= 4 is 50.6 Å². The number of hydrogen-bond donors (Lipinski definition) is 1. The van der Waals surface area contributed by atoms with E-state index in [2.05, 4.69) is 15.9 Å². The van der Waals surface area contributed by atoms with Crippen molar-refractivity contribution < 1.29 is 24.3 Å². The Morgan fingerprint density at radius 3 is 2.17 bits per heavy atom. The number of anilines is 1. The number of imide groups is 1. The summed E-state index contributed by atoms with van der Waals surface area (Å²) in [6, 6.07) is 32.6. The minimum absolute atomic E-state index is 0.0438. The maximum atomic E-state index is 15.0. The van der Waals surface area contributed by atoms with E-state index in [4.69, 9.17) is 0 Å². The summed E-state index contributed by atoms with van der Waals surface area (Å²) in [7, 11) is 0. The third kappa shape index (κ3) is 4.36. The van der Waals surface area contributed by atoms with Gasteiger partial charge in [-0.05, 0) is 77.9 Å². The Morgan fingerprint density at radius 2 is 1.47 bits per heavy atom. The highest BCUT2D eigenvalue weighted by molar-refractivity contribution is 9.10. The lowest BCUT2D eigenvalue weighted by atomic mass is 9.44. The van der Waals surface area contributed by atoms with Gasteiger partial charge in [-0.25, -0.2) is 0 Å². The van der Waals surface area contributed by atoms with Crippen molar-refractivity contribution in [3.8, 4) is 5.75 Å². The molecule has 1 heterocycles. The van der Waals surface area contributed by atoms with Crippen molar-refractivity contribution in [2.75, 3.05) is 4.90 Å². The lowest BCUT2D eigenvalue weighted by Gasteiger charge is -2.55. The molecule has 4 aliphatic rings. The van der Waals surface area contributed by atoms with Gasteiger partial charge in [-0.15, -0.1) is 0 Å². The van der Waals surface area contributed by atoms with Crippen LogP contribution in [0, 0.1) is 23.7 Å². The molecule has 0 aromatic heterocycles. The third-order valence-corrected chi connectivity index (χ3v) is 11.2. The van der Waals surface area contributed by atoms with E-state index in [1.54, 1.807) is 42.5 Å². The average molecular weight is 685 g/mol. The van der Waals surface area contributed by atoms with E-state index < -0.39 is 35.0 Å². The molecule has 6 nitrogen and oxygen atoms in total. The quantitative estimate of drug-likeness (QED) is 0.182. The highest BCUT2D eigenvalue weighted by atomic mass is 79.9. The lowest BCUT2D eigenvalue weighted by molar-refractivity contribution is -0.135.